The third-order valence-electron chi connectivity index (χ3n) is 1.62. The molecule has 12 heavy (non-hydrogen) atoms. The zero-order chi connectivity index (χ0) is 8.97. The van der Waals surface area contributed by atoms with Crippen LogP contribution in [0.3, 0.4) is 0 Å². The van der Waals surface area contributed by atoms with Crippen molar-refractivity contribution >= 4 is 5.83 Å². The Morgan fingerprint density at radius 3 is 2.33 bits per heavy atom. The Kier molecular flexibility index (Phi) is 2.86. The van der Waals surface area contributed by atoms with Crippen LogP contribution in [-0.2, 0) is 0 Å². The Balaban J connectivity index is 2.92. The van der Waals surface area contributed by atoms with E-state index in [0.29, 0.717) is 5.56 Å². The highest BCUT2D eigenvalue weighted by molar-refractivity contribution is 5.59. The molecule has 1 nitrogen and oxygen atoms in total. The van der Waals surface area contributed by atoms with E-state index >= 15 is 0 Å². The summed E-state index contributed by atoms with van der Waals surface area (Å²) in [6.07, 6.45) is 1.43. The maximum Gasteiger partial charge on any atom is 0.126 e. The van der Waals surface area contributed by atoms with Crippen molar-refractivity contribution in [1.29, 1.82) is 0 Å². The van der Waals surface area contributed by atoms with Crippen LogP contribution in [0.2, 0.25) is 0 Å². The fourth-order valence-corrected chi connectivity index (χ4v) is 0.917. The summed E-state index contributed by atoms with van der Waals surface area (Å²) in [6, 6.07) is 6.85. The number of rotatable bonds is 2. The van der Waals surface area contributed by atoms with E-state index in [1.54, 1.807) is 38.3 Å². The molecular weight excluding hydrogens is 155 g/mol. The van der Waals surface area contributed by atoms with E-state index in [-0.39, 0.29) is 5.83 Å². The third kappa shape index (κ3) is 1.84. The second-order valence-electron chi connectivity index (χ2n) is 2.37. The molecule has 0 N–H and O–H groups in total. The smallest absolute Gasteiger partial charge is 0.126 e. The molecule has 0 atom stereocenters. The molecule has 1 aromatic rings. The predicted molar refractivity (Wildman–Crippen MR) is 47.8 cm³/mol. The minimum absolute atomic E-state index is 0.211. The summed E-state index contributed by atoms with van der Waals surface area (Å²) in [7, 11) is 1.58. The van der Waals surface area contributed by atoms with E-state index in [2.05, 4.69) is 0 Å². The molecule has 0 saturated carbocycles. The molecule has 0 bridgehead atoms. The molecule has 0 aromatic heterocycles. The molecule has 0 amide bonds. The van der Waals surface area contributed by atoms with E-state index in [1.807, 2.05) is 0 Å². The van der Waals surface area contributed by atoms with Crippen molar-refractivity contribution in [3.63, 3.8) is 0 Å². The van der Waals surface area contributed by atoms with E-state index in [4.69, 9.17) is 4.74 Å². The van der Waals surface area contributed by atoms with Crippen LogP contribution in [0.4, 0.5) is 4.39 Å². The van der Waals surface area contributed by atoms with Crippen LogP contribution in [-0.4, -0.2) is 7.11 Å². The Labute approximate surface area is 71.5 Å². The Morgan fingerprint density at radius 1 is 1.33 bits per heavy atom. The van der Waals surface area contributed by atoms with Crippen molar-refractivity contribution in [2.75, 3.05) is 7.11 Å². The number of hydrogen-bond acceptors (Lipinski definition) is 1. The molecule has 0 saturated heterocycles. The average Bonchev–Trinajstić information content (AvgIpc) is 2.17. The summed E-state index contributed by atoms with van der Waals surface area (Å²) in [6.45, 7) is 1.67. The number of ether oxygens (including phenoxy) is 1. The first-order valence-electron chi connectivity index (χ1n) is 3.74. The van der Waals surface area contributed by atoms with Gasteiger partial charge in [-0.05, 0) is 31.2 Å². The molecular formula is C10H11FO. The Hall–Kier alpha value is -1.31. The van der Waals surface area contributed by atoms with Gasteiger partial charge in [-0.3, -0.25) is 0 Å². The number of methoxy groups -OCH3 is 1. The number of hydrogen-bond donors (Lipinski definition) is 0. The number of benzene rings is 1. The Bertz CT molecular complexity index is 274. The van der Waals surface area contributed by atoms with Gasteiger partial charge in [0.25, 0.3) is 0 Å². The molecule has 1 aromatic carbocycles. The van der Waals surface area contributed by atoms with Gasteiger partial charge in [0.1, 0.15) is 11.6 Å². The Morgan fingerprint density at radius 2 is 1.92 bits per heavy atom. The minimum atomic E-state index is -0.211. The van der Waals surface area contributed by atoms with Gasteiger partial charge in [0.15, 0.2) is 0 Å². The van der Waals surface area contributed by atoms with Gasteiger partial charge in [0.05, 0.1) is 7.11 Å². The fourth-order valence-electron chi connectivity index (χ4n) is 0.917. The summed E-state index contributed by atoms with van der Waals surface area (Å²) in [4.78, 5) is 0. The maximum absolute atomic E-state index is 12.9. The molecule has 0 aliphatic heterocycles. The van der Waals surface area contributed by atoms with Crippen LogP contribution in [0, 0.1) is 0 Å². The molecule has 0 aliphatic carbocycles. The first-order valence-corrected chi connectivity index (χ1v) is 3.74. The molecule has 0 fully saturated rings. The average molecular weight is 166 g/mol. The third-order valence-corrected chi connectivity index (χ3v) is 1.62. The van der Waals surface area contributed by atoms with Crippen molar-refractivity contribution < 1.29 is 9.13 Å². The second-order valence-corrected chi connectivity index (χ2v) is 2.37. The van der Waals surface area contributed by atoms with Crippen molar-refractivity contribution in [1.82, 2.24) is 0 Å². The van der Waals surface area contributed by atoms with E-state index in [9.17, 15) is 4.39 Å². The van der Waals surface area contributed by atoms with E-state index in [0.717, 1.165) is 5.75 Å². The lowest BCUT2D eigenvalue weighted by Crippen LogP contribution is -1.82. The monoisotopic (exact) mass is 166 g/mol. The molecule has 0 heterocycles. The van der Waals surface area contributed by atoms with Gasteiger partial charge in [-0.15, -0.1) is 0 Å². The van der Waals surface area contributed by atoms with Gasteiger partial charge >= 0.3 is 0 Å². The molecule has 2 heteroatoms. The summed E-state index contributed by atoms with van der Waals surface area (Å²) in [5.41, 5.74) is 0.582. The van der Waals surface area contributed by atoms with Crippen LogP contribution in [0.1, 0.15) is 12.5 Å². The van der Waals surface area contributed by atoms with Gasteiger partial charge in [-0.2, -0.15) is 0 Å². The van der Waals surface area contributed by atoms with Crippen molar-refractivity contribution in [2.45, 2.75) is 6.92 Å². The topological polar surface area (TPSA) is 9.23 Å². The van der Waals surface area contributed by atoms with E-state index < -0.39 is 0 Å². The molecule has 0 aliphatic rings. The zero-order valence-corrected chi connectivity index (χ0v) is 7.17. The van der Waals surface area contributed by atoms with E-state index in [1.165, 1.54) is 6.08 Å². The fraction of sp³-hybridized carbons (Fsp3) is 0.200. The SMILES string of the molecule is C/C=C(/F)c1ccc(OC)cc1. The summed E-state index contributed by atoms with van der Waals surface area (Å²) in [5, 5.41) is 0. The van der Waals surface area contributed by atoms with Gasteiger partial charge < -0.3 is 4.74 Å². The van der Waals surface area contributed by atoms with Gasteiger partial charge in [-0.1, -0.05) is 6.08 Å². The highest BCUT2D eigenvalue weighted by Crippen LogP contribution is 2.18. The van der Waals surface area contributed by atoms with Crippen LogP contribution in [0.25, 0.3) is 5.83 Å². The molecule has 0 unspecified atom stereocenters. The highest BCUT2D eigenvalue weighted by Gasteiger charge is 1.97. The van der Waals surface area contributed by atoms with Crippen LogP contribution in [0.5, 0.6) is 5.75 Å². The van der Waals surface area contributed by atoms with Crippen LogP contribution >= 0.6 is 0 Å². The first-order chi connectivity index (χ1) is 5.77. The highest BCUT2D eigenvalue weighted by atomic mass is 19.1. The van der Waals surface area contributed by atoms with Crippen molar-refractivity contribution in [2.24, 2.45) is 0 Å². The zero-order valence-electron chi connectivity index (χ0n) is 7.17. The quantitative estimate of drug-likeness (QED) is 0.656. The standard InChI is InChI=1S/C10H11FO/c1-3-10(11)8-4-6-9(12-2)7-5-8/h3-7H,1-2H3/b10-3+. The normalized spacial score (nSPS) is 11.4. The largest absolute Gasteiger partial charge is 0.497 e. The number of halogens is 1. The van der Waals surface area contributed by atoms with Gasteiger partial charge in [0, 0.05) is 5.56 Å². The number of allylic oxidation sites excluding steroid dienone is 1. The lowest BCUT2D eigenvalue weighted by molar-refractivity contribution is 0.414. The summed E-state index contributed by atoms with van der Waals surface area (Å²) >= 11 is 0. The molecule has 0 spiro atoms. The summed E-state index contributed by atoms with van der Waals surface area (Å²) in [5.74, 6) is 0.528. The molecule has 64 valence electrons. The lowest BCUT2D eigenvalue weighted by Gasteiger charge is -2.00. The first kappa shape index (κ1) is 8.78. The predicted octanol–water partition coefficient (Wildman–Crippen LogP) is 3.03. The lowest BCUT2D eigenvalue weighted by atomic mass is 10.2. The van der Waals surface area contributed by atoms with Crippen molar-refractivity contribution in [3.05, 3.63) is 35.9 Å². The molecule has 1 rings (SSSR count). The van der Waals surface area contributed by atoms with Crippen LogP contribution in [0.15, 0.2) is 30.3 Å². The summed E-state index contributed by atoms with van der Waals surface area (Å²) < 4.78 is 17.9. The molecule has 0 radical (unpaired) electrons. The van der Waals surface area contributed by atoms with Gasteiger partial charge in [0.2, 0.25) is 0 Å². The maximum atomic E-state index is 12.9. The van der Waals surface area contributed by atoms with Crippen LogP contribution < -0.4 is 4.74 Å². The second kappa shape index (κ2) is 3.90. The van der Waals surface area contributed by atoms with Crippen molar-refractivity contribution in [3.8, 4) is 5.75 Å². The minimum Gasteiger partial charge on any atom is -0.497 e. The van der Waals surface area contributed by atoms with Gasteiger partial charge in [-0.25, -0.2) is 4.39 Å².